The van der Waals surface area contributed by atoms with Gasteiger partial charge in [-0.25, -0.2) is 4.39 Å². The Hall–Kier alpha value is -0.580. The third-order valence-electron chi connectivity index (χ3n) is 3.31. The molecule has 2 nitrogen and oxygen atoms in total. The van der Waals surface area contributed by atoms with Crippen LogP contribution in [0.3, 0.4) is 0 Å². The van der Waals surface area contributed by atoms with Crippen LogP contribution in [-0.2, 0) is 0 Å². The number of thioether (sulfide) groups is 1. The van der Waals surface area contributed by atoms with Crippen LogP contribution < -0.4 is 5.73 Å². The van der Waals surface area contributed by atoms with E-state index in [0.717, 1.165) is 23.6 Å². The monoisotopic (exact) mass is 254 g/mol. The molecule has 0 radical (unpaired) electrons. The van der Waals surface area contributed by atoms with Crippen LogP contribution in [0.5, 0.6) is 0 Å². The van der Waals surface area contributed by atoms with Crippen molar-refractivity contribution in [3.05, 3.63) is 35.6 Å². The minimum absolute atomic E-state index is 0.00657. The molecule has 0 aromatic heterocycles. The van der Waals surface area contributed by atoms with Crippen molar-refractivity contribution in [2.45, 2.75) is 19.0 Å². The largest absolute Gasteiger partial charge is 0.329 e. The Kier molecular flexibility index (Phi) is 4.42. The molecule has 4 heteroatoms. The van der Waals surface area contributed by atoms with Crippen molar-refractivity contribution >= 4 is 11.8 Å². The van der Waals surface area contributed by atoms with Gasteiger partial charge in [0.05, 0.1) is 6.04 Å². The number of nitrogens with two attached hydrogens (primary N) is 1. The fourth-order valence-electron chi connectivity index (χ4n) is 2.39. The number of halogens is 1. The van der Waals surface area contributed by atoms with E-state index in [0.29, 0.717) is 12.6 Å². The number of rotatable bonds is 3. The summed E-state index contributed by atoms with van der Waals surface area (Å²) < 4.78 is 13.8. The quantitative estimate of drug-likeness (QED) is 0.897. The van der Waals surface area contributed by atoms with Crippen molar-refractivity contribution in [3.8, 4) is 0 Å². The predicted molar refractivity (Wildman–Crippen MR) is 71.7 cm³/mol. The first-order chi connectivity index (χ1) is 8.24. The molecule has 1 aromatic rings. The van der Waals surface area contributed by atoms with E-state index in [1.165, 1.54) is 6.07 Å². The fraction of sp³-hybridized carbons (Fsp3) is 0.538. The second-order valence-electron chi connectivity index (χ2n) is 4.43. The molecule has 2 N–H and O–H groups in total. The number of nitrogens with zero attached hydrogens (tertiary/aromatic N) is 1. The van der Waals surface area contributed by atoms with Crippen molar-refractivity contribution in [1.82, 2.24) is 4.90 Å². The lowest BCUT2D eigenvalue weighted by Crippen LogP contribution is -2.45. The lowest BCUT2D eigenvalue weighted by atomic mass is 10.0. The van der Waals surface area contributed by atoms with Crippen LogP contribution in [0.15, 0.2) is 24.3 Å². The van der Waals surface area contributed by atoms with Gasteiger partial charge in [-0.3, -0.25) is 4.90 Å². The van der Waals surface area contributed by atoms with Gasteiger partial charge < -0.3 is 5.73 Å². The molecule has 1 saturated heterocycles. The van der Waals surface area contributed by atoms with Crippen LogP contribution in [0.2, 0.25) is 0 Å². The molecule has 94 valence electrons. The summed E-state index contributed by atoms with van der Waals surface area (Å²) in [6.45, 7) is 3.65. The van der Waals surface area contributed by atoms with Gasteiger partial charge in [-0.1, -0.05) is 18.2 Å². The Morgan fingerprint density at radius 2 is 2.29 bits per heavy atom. The van der Waals surface area contributed by atoms with Gasteiger partial charge in [-0.2, -0.15) is 11.8 Å². The number of benzene rings is 1. The zero-order chi connectivity index (χ0) is 12.3. The molecule has 17 heavy (non-hydrogen) atoms. The van der Waals surface area contributed by atoms with Crippen molar-refractivity contribution < 1.29 is 4.39 Å². The van der Waals surface area contributed by atoms with E-state index in [1.807, 2.05) is 23.9 Å². The van der Waals surface area contributed by atoms with E-state index in [-0.39, 0.29) is 11.9 Å². The molecule has 0 amide bonds. The Balaban J connectivity index is 2.23. The Bertz CT molecular complexity index is 372. The summed E-state index contributed by atoms with van der Waals surface area (Å²) in [5, 5.41) is 0. The predicted octanol–water partition coefficient (Wildman–Crippen LogP) is 2.26. The van der Waals surface area contributed by atoms with Gasteiger partial charge >= 0.3 is 0 Å². The van der Waals surface area contributed by atoms with E-state index >= 15 is 0 Å². The van der Waals surface area contributed by atoms with Crippen LogP contribution in [0.4, 0.5) is 4.39 Å². The van der Waals surface area contributed by atoms with E-state index in [4.69, 9.17) is 5.73 Å². The molecule has 2 rings (SSSR count). The summed E-state index contributed by atoms with van der Waals surface area (Å²) in [6.07, 6.45) is 0. The zero-order valence-electron chi connectivity index (χ0n) is 10.1. The molecule has 1 aliphatic rings. The van der Waals surface area contributed by atoms with E-state index in [2.05, 4.69) is 11.8 Å². The highest BCUT2D eigenvalue weighted by molar-refractivity contribution is 7.99. The summed E-state index contributed by atoms with van der Waals surface area (Å²) in [5.74, 6) is 2.06. The third-order valence-corrected chi connectivity index (χ3v) is 4.50. The smallest absolute Gasteiger partial charge is 0.128 e. The van der Waals surface area contributed by atoms with Crippen LogP contribution >= 0.6 is 11.8 Å². The highest BCUT2D eigenvalue weighted by Crippen LogP contribution is 2.28. The van der Waals surface area contributed by atoms with Crippen molar-refractivity contribution in [3.63, 3.8) is 0 Å². The molecule has 1 fully saturated rings. The summed E-state index contributed by atoms with van der Waals surface area (Å²) in [4.78, 5) is 2.33. The molecule has 0 aliphatic carbocycles. The maximum atomic E-state index is 13.8. The Labute approximate surface area is 106 Å². The molecule has 0 saturated carbocycles. The van der Waals surface area contributed by atoms with Crippen molar-refractivity contribution in [2.75, 3.05) is 24.6 Å². The van der Waals surface area contributed by atoms with Gasteiger partial charge in [0.15, 0.2) is 0 Å². The molecule has 0 spiro atoms. The minimum Gasteiger partial charge on any atom is -0.329 e. The number of hydrogen-bond donors (Lipinski definition) is 1. The molecule has 0 bridgehead atoms. The fourth-order valence-corrected chi connectivity index (χ4v) is 3.43. The minimum atomic E-state index is -0.145. The normalized spacial score (nSPS) is 23.6. The van der Waals surface area contributed by atoms with Crippen LogP contribution in [0, 0.1) is 5.82 Å². The first-order valence-corrected chi connectivity index (χ1v) is 7.17. The van der Waals surface area contributed by atoms with Gasteiger partial charge in [-0.05, 0) is 13.0 Å². The molecule has 2 unspecified atom stereocenters. The second-order valence-corrected chi connectivity index (χ2v) is 5.58. The molecule has 1 heterocycles. The average molecular weight is 254 g/mol. The average Bonchev–Trinajstić information content (AvgIpc) is 2.34. The Morgan fingerprint density at radius 3 is 2.94 bits per heavy atom. The summed E-state index contributed by atoms with van der Waals surface area (Å²) >= 11 is 1.96. The lowest BCUT2D eigenvalue weighted by molar-refractivity contribution is 0.163. The maximum Gasteiger partial charge on any atom is 0.128 e. The van der Waals surface area contributed by atoms with E-state index < -0.39 is 0 Å². The maximum absolute atomic E-state index is 13.8. The molecule has 1 aromatic carbocycles. The van der Waals surface area contributed by atoms with Crippen LogP contribution in [0.1, 0.15) is 18.5 Å². The van der Waals surface area contributed by atoms with Gasteiger partial charge in [0.2, 0.25) is 0 Å². The van der Waals surface area contributed by atoms with Crippen LogP contribution in [0.25, 0.3) is 0 Å². The first kappa shape index (κ1) is 12.9. The number of hydrogen-bond acceptors (Lipinski definition) is 3. The first-order valence-electron chi connectivity index (χ1n) is 6.02. The van der Waals surface area contributed by atoms with Crippen molar-refractivity contribution in [1.29, 1.82) is 0 Å². The SMILES string of the molecule is CC1CSCCN1C(CN)c1ccccc1F. The standard InChI is InChI=1S/C13H19FN2S/c1-10-9-17-7-6-16(10)13(8-15)11-4-2-3-5-12(11)14/h2-5,10,13H,6-9,15H2,1H3. The molecular weight excluding hydrogens is 235 g/mol. The van der Waals surface area contributed by atoms with Crippen molar-refractivity contribution in [2.24, 2.45) is 5.73 Å². The molecule has 2 atom stereocenters. The summed E-state index contributed by atoms with van der Waals surface area (Å²) in [7, 11) is 0. The van der Waals surface area contributed by atoms with E-state index in [9.17, 15) is 4.39 Å². The van der Waals surface area contributed by atoms with Gasteiger partial charge in [0, 0.05) is 36.2 Å². The summed E-state index contributed by atoms with van der Waals surface area (Å²) in [6, 6.07) is 7.43. The molecular formula is C13H19FN2S. The van der Waals surface area contributed by atoms with Crippen LogP contribution in [-0.4, -0.2) is 35.5 Å². The Morgan fingerprint density at radius 1 is 1.53 bits per heavy atom. The third kappa shape index (κ3) is 2.81. The summed E-state index contributed by atoms with van der Waals surface area (Å²) in [5.41, 5.74) is 6.58. The van der Waals surface area contributed by atoms with Gasteiger partial charge in [-0.15, -0.1) is 0 Å². The highest BCUT2D eigenvalue weighted by Gasteiger charge is 2.27. The molecule has 1 aliphatic heterocycles. The lowest BCUT2D eigenvalue weighted by Gasteiger charge is -2.39. The topological polar surface area (TPSA) is 29.3 Å². The highest BCUT2D eigenvalue weighted by atomic mass is 32.2. The second kappa shape index (κ2) is 5.85. The van der Waals surface area contributed by atoms with Gasteiger partial charge in [0.1, 0.15) is 5.82 Å². The zero-order valence-corrected chi connectivity index (χ0v) is 10.9. The van der Waals surface area contributed by atoms with E-state index in [1.54, 1.807) is 6.07 Å². The van der Waals surface area contributed by atoms with Gasteiger partial charge in [0.25, 0.3) is 0 Å².